The first kappa shape index (κ1) is 11.6. The Hall–Kier alpha value is -1.93. The van der Waals surface area contributed by atoms with E-state index < -0.39 is 29.7 Å². The molecule has 1 aliphatic rings. The smallest absolute Gasteiger partial charge is 0.352 e. The van der Waals surface area contributed by atoms with Crippen molar-refractivity contribution in [2.75, 3.05) is 12.3 Å². The van der Waals surface area contributed by atoms with Crippen LogP contribution in [0.1, 0.15) is 6.23 Å². The molecule has 1 aromatic rings. The molecule has 92 valence electrons. The van der Waals surface area contributed by atoms with Gasteiger partial charge in [0.2, 0.25) is 0 Å². The maximum absolute atomic E-state index is 13.2. The van der Waals surface area contributed by atoms with Gasteiger partial charge < -0.3 is 20.7 Å². The van der Waals surface area contributed by atoms with E-state index >= 15 is 0 Å². The number of aliphatic hydroxyl groups excluding tert-OH is 2. The Labute approximate surface area is 94.6 Å². The summed E-state index contributed by atoms with van der Waals surface area (Å²) in [4.78, 5) is 14.7. The van der Waals surface area contributed by atoms with E-state index in [1.165, 1.54) is 6.08 Å². The molecular weight excluding hydrogens is 233 g/mol. The number of rotatable bonds is 2. The van der Waals surface area contributed by atoms with Gasteiger partial charge in [-0.25, -0.2) is 9.18 Å². The van der Waals surface area contributed by atoms with Gasteiger partial charge in [0.05, 0.1) is 12.8 Å². The maximum atomic E-state index is 13.2. The fourth-order valence-electron chi connectivity index (χ4n) is 1.48. The summed E-state index contributed by atoms with van der Waals surface area (Å²) >= 11 is 0. The fourth-order valence-corrected chi connectivity index (χ4v) is 1.48. The van der Waals surface area contributed by atoms with Crippen molar-refractivity contribution in [3.05, 3.63) is 34.3 Å². The van der Waals surface area contributed by atoms with Crippen LogP contribution in [0.2, 0.25) is 0 Å². The molecule has 0 saturated heterocycles. The lowest BCUT2D eigenvalue weighted by Gasteiger charge is -2.15. The summed E-state index contributed by atoms with van der Waals surface area (Å²) in [6.07, 6.45) is 0.0830. The number of hydrogen-bond donors (Lipinski definition) is 3. The lowest BCUT2D eigenvalue weighted by molar-refractivity contribution is -0.0278. The highest BCUT2D eigenvalue weighted by molar-refractivity contribution is 5.27. The molecule has 8 heteroatoms. The minimum absolute atomic E-state index is 0.294. The van der Waals surface area contributed by atoms with Crippen molar-refractivity contribution >= 4 is 5.82 Å². The number of anilines is 1. The molecule has 7 nitrogen and oxygen atoms in total. The van der Waals surface area contributed by atoms with Crippen LogP contribution in [0.5, 0.6) is 0 Å². The third-order valence-electron chi connectivity index (χ3n) is 2.28. The predicted molar refractivity (Wildman–Crippen MR) is 54.6 cm³/mol. The number of halogens is 1. The highest BCUT2D eigenvalue weighted by Crippen LogP contribution is 2.25. The van der Waals surface area contributed by atoms with Gasteiger partial charge in [-0.2, -0.15) is 4.98 Å². The molecule has 0 bridgehead atoms. The van der Waals surface area contributed by atoms with Crippen LogP contribution in [0.4, 0.5) is 10.2 Å². The van der Waals surface area contributed by atoms with E-state index in [1.807, 2.05) is 0 Å². The molecule has 0 spiro atoms. The second-order valence-electron chi connectivity index (χ2n) is 3.46. The first-order valence-electron chi connectivity index (χ1n) is 4.74. The quantitative estimate of drug-likeness (QED) is 0.633. The van der Waals surface area contributed by atoms with Gasteiger partial charge in [-0.3, -0.25) is 4.57 Å². The Kier molecular flexibility index (Phi) is 2.82. The van der Waals surface area contributed by atoms with Crippen molar-refractivity contribution in [2.24, 2.45) is 0 Å². The van der Waals surface area contributed by atoms with Gasteiger partial charge in [-0.05, 0) is 6.08 Å². The van der Waals surface area contributed by atoms with Crippen molar-refractivity contribution in [1.29, 1.82) is 0 Å². The number of nitrogen functional groups attached to an aromatic ring is 1. The monoisotopic (exact) mass is 243 g/mol. The van der Waals surface area contributed by atoms with Crippen LogP contribution in [-0.4, -0.2) is 32.5 Å². The summed E-state index contributed by atoms with van der Waals surface area (Å²) < 4.78 is 19.0. The third kappa shape index (κ3) is 1.99. The molecule has 0 radical (unpaired) electrons. The van der Waals surface area contributed by atoms with E-state index in [1.54, 1.807) is 0 Å². The highest BCUT2D eigenvalue weighted by Gasteiger charge is 2.29. The third-order valence-corrected chi connectivity index (χ3v) is 2.28. The molecule has 0 aromatic carbocycles. The number of hydrogen-bond acceptors (Lipinski definition) is 6. The first-order valence-corrected chi connectivity index (χ1v) is 4.74. The molecule has 2 rings (SSSR count). The normalized spacial score (nSPS) is 23.8. The van der Waals surface area contributed by atoms with Gasteiger partial charge >= 0.3 is 5.69 Å². The maximum Gasteiger partial charge on any atom is 0.352 e. The summed E-state index contributed by atoms with van der Waals surface area (Å²) in [5.41, 5.74) is 4.26. The van der Waals surface area contributed by atoms with Gasteiger partial charge in [0, 0.05) is 0 Å². The van der Waals surface area contributed by atoms with Gasteiger partial charge in [0.15, 0.2) is 17.9 Å². The van der Waals surface area contributed by atoms with Crippen molar-refractivity contribution in [3.63, 3.8) is 0 Å². The van der Waals surface area contributed by atoms with Crippen molar-refractivity contribution in [3.8, 4) is 0 Å². The molecule has 0 fully saturated rings. The average molecular weight is 243 g/mol. The summed E-state index contributed by atoms with van der Waals surface area (Å²) in [7, 11) is 0. The molecule has 0 unspecified atom stereocenters. The summed E-state index contributed by atoms with van der Waals surface area (Å²) in [5, 5.41) is 18.4. The highest BCUT2D eigenvalue weighted by atomic mass is 19.1. The van der Waals surface area contributed by atoms with E-state index in [4.69, 9.17) is 15.6 Å². The minimum atomic E-state index is -1.19. The van der Waals surface area contributed by atoms with E-state index in [0.29, 0.717) is 0 Å². The Morgan fingerprint density at radius 1 is 1.65 bits per heavy atom. The van der Waals surface area contributed by atoms with Gasteiger partial charge in [-0.15, -0.1) is 0 Å². The topological polar surface area (TPSA) is 111 Å². The van der Waals surface area contributed by atoms with Crippen molar-refractivity contribution in [1.82, 2.24) is 9.55 Å². The van der Waals surface area contributed by atoms with Crippen molar-refractivity contribution in [2.45, 2.75) is 12.3 Å². The standard InChI is InChI=1S/C9H10FN3O4/c10-5-2-13(9(16)12-7(5)11)8-6(15)1-4(3-14)17-8/h1-2,4,8,14-15H,3H2,(H2,11,12,16)/t4-,8+/m0/s1. The van der Waals surface area contributed by atoms with Crippen LogP contribution in [0.15, 0.2) is 22.8 Å². The predicted octanol–water partition coefficient (Wildman–Crippen LogP) is -0.704. The van der Waals surface area contributed by atoms with E-state index in [0.717, 1.165) is 10.8 Å². The summed E-state index contributed by atoms with van der Waals surface area (Å²) in [5.74, 6) is -1.71. The molecule has 2 heterocycles. The van der Waals surface area contributed by atoms with Crippen LogP contribution in [0, 0.1) is 5.82 Å². The Morgan fingerprint density at radius 3 is 2.94 bits per heavy atom. The molecule has 1 aliphatic heterocycles. The molecule has 0 amide bonds. The van der Waals surface area contributed by atoms with Gasteiger partial charge in [0.25, 0.3) is 0 Å². The molecule has 0 aliphatic carbocycles. The number of nitrogens with two attached hydrogens (primary N) is 1. The van der Waals surface area contributed by atoms with Crippen molar-refractivity contribution < 1.29 is 19.3 Å². The zero-order valence-electron chi connectivity index (χ0n) is 8.58. The lowest BCUT2D eigenvalue weighted by Crippen LogP contribution is -2.30. The molecule has 0 saturated carbocycles. The van der Waals surface area contributed by atoms with Gasteiger partial charge in [-0.1, -0.05) is 0 Å². The number of aromatic nitrogens is 2. The Bertz CT molecular complexity index is 527. The minimum Gasteiger partial charge on any atom is -0.508 e. The largest absolute Gasteiger partial charge is 0.508 e. The molecule has 2 atom stereocenters. The van der Waals surface area contributed by atoms with Crippen LogP contribution in [-0.2, 0) is 4.74 Å². The summed E-state index contributed by atoms with van der Waals surface area (Å²) in [6.45, 7) is -0.361. The van der Waals surface area contributed by atoms with Gasteiger partial charge in [0.1, 0.15) is 11.9 Å². The second-order valence-corrected chi connectivity index (χ2v) is 3.46. The van der Waals surface area contributed by atoms with E-state index in [-0.39, 0.29) is 12.4 Å². The van der Waals surface area contributed by atoms with Crippen LogP contribution in [0.3, 0.4) is 0 Å². The second kappa shape index (κ2) is 4.15. The summed E-state index contributed by atoms with van der Waals surface area (Å²) in [6, 6.07) is 0. The number of aliphatic hydroxyl groups is 2. The first-order chi connectivity index (χ1) is 8.02. The number of nitrogens with zero attached hydrogens (tertiary/aromatic N) is 2. The lowest BCUT2D eigenvalue weighted by atomic mass is 10.3. The zero-order chi connectivity index (χ0) is 12.6. The molecular formula is C9H10FN3O4. The van der Waals surface area contributed by atoms with Crippen LogP contribution < -0.4 is 11.4 Å². The van der Waals surface area contributed by atoms with Crippen LogP contribution >= 0.6 is 0 Å². The van der Waals surface area contributed by atoms with E-state index in [2.05, 4.69) is 4.98 Å². The zero-order valence-corrected chi connectivity index (χ0v) is 8.58. The Morgan fingerprint density at radius 2 is 2.35 bits per heavy atom. The fraction of sp³-hybridized carbons (Fsp3) is 0.333. The molecule has 4 N–H and O–H groups in total. The molecule has 17 heavy (non-hydrogen) atoms. The average Bonchev–Trinajstić information content (AvgIpc) is 2.65. The SMILES string of the molecule is Nc1nc(=O)n([C@@H]2O[C@H](CO)C=C2O)cc1F. The Balaban J connectivity index is 2.40. The van der Waals surface area contributed by atoms with E-state index in [9.17, 15) is 14.3 Å². The van der Waals surface area contributed by atoms with Crippen LogP contribution in [0.25, 0.3) is 0 Å². The number of ether oxygens (including phenoxy) is 1. The molecule has 1 aromatic heterocycles.